The Morgan fingerprint density at radius 3 is 2.50 bits per heavy atom. The fraction of sp³-hybridized carbons (Fsp3) is 0.458. The zero-order chi connectivity index (χ0) is 22.3. The predicted molar refractivity (Wildman–Crippen MR) is 113 cm³/mol. The Hall–Kier alpha value is -3.05. The molecule has 166 valence electrons. The molecule has 8 heteroatoms. The van der Waals surface area contributed by atoms with Gasteiger partial charge in [0.2, 0.25) is 5.91 Å². The molecule has 0 radical (unpaired) electrons. The van der Waals surface area contributed by atoms with E-state index in [1.54, 1.807) is 12.3 Å². The number of carbonyl (C=O) groups is 1. The lowest BCUT2D eigenvalue weighted by Gasteiger charge is -2.44. The van der Waals surface area contributed by atoms with Gasteiger partial charge in [-0.3, -0.25) is 4.79 Å². The van der Waals surface area contributed by atoms with Crippen molar-refractivity contribution in [3.8, 4) is 6.07 Å². The molecule has 5 rings (SSSR count). The summed E-state index contributed by atoms with van der Waals surface area (Å²) in [6.07, 6.45) is 5.64. The molecule has 2 aromatic rings. The molecule has 32 heavy (non-hydrogen) atoms. The van der Waals surface area contributed by atoms with Crippen LogP contribution in [-0.2, 0) is 15.1 Å². The molecular weight excluding hydrogens is 414 g/mol. The number of halogens is 2. The van der Waals surface area contributed by atoms with Crippen LogP contribution < -0.4 is 4.90 Å². The second-order valence-corrected chi connectivity index (χ2v) is 8.87. The Balaban J connectivity index is 1.24. The van der Waals surface area contributed by atoms with Gasteiger partial charge in [-0.25, -0.2) is 13.8 Å². The minimum absolute atomic E-state index is 0.108. The average molecular weight is 438 g/mol. The first-order valence-electron chi connectivity index (χ1n) is 11.0. The van der Waals surface area contributed by atoms with Crippen molar-refractivity contribution in [3.63, 3.8) is 0 Å². The molecule has 6 nitrogen and oxygen atoms in total. The van der Waals surface area contributed by atoms with Crippen molar-refractivity contribution in [1.29, 1.82) is 5.26 Å². The van der Waals surface area contributed by atoms with E-state index in [1.165, 1.54) is 12.1 Å². The van der Waals surface area contributed by atoms with Crippen LogP contribution in [-0.4, -0.2) is 47.6 Å². The fourth-order valence-electron chi connectivity index (χ4n) is 5.23. The van der Waals surface area contributed by atoms with Crippen molar-refractivity contribution >= 4 is 11.7 Å². The van der Waals surface area contributed by atoms with Gasteiger partial charge in [0.15, 0.2) is 0 Å². The number of benzene rings is 1. The number of hydrogen-bond acceptors (Lipinski definition) is 5. The largest absolute Gasteiger partial charge is 0.360 e. The smallest absolute Gasteiger partial charge is 0.248 e. The number of ether oxygens (including phenoxy) is 1. The van der Waals surface area contributed by atoms with E-state index in [0.29, 0.717) is 37.1 Å². The van der Waals surface area contributed by atoms with Crippen molar-refractivity contribution in [2.24, 2.45) is 0 Å². The van der Waals surface area contributed by atoms with Crippen LogP contribution >= 0.6 is 0 Å². The van der Waals surface area contributed by atoms with Crippen LogP contribution in [0.15, 0.2) is 36.5 Å². The van der Waals surface area contributed by atoms with E-state index in [-0.39, 0.29) is 24.6 Å². The van der Waals surface area contributed by atoms with Crippen LogP contribution in [0.2, 0.25) is 0 Å². The highest BCUT2D eigenvalue weighted by Gasteiger charge is 2.45. The third-order valence-corrected chi connectivity index (χ3v) is 7.03. The van der Waals surface area contributed by atoms with Crippen LogP contribution in [0.5, 0.6) is 0 Å². The summed E-state index contributed by atoms with van der Waals surface area (Å²) in [5, 5.41) is 8.98. The fourth-order valence-corrected chi connectivity index (χ4v) is 5.23. The first-order chi connectivity index (χ1) is 15.5. The van der Waals surface area contributed by atoms with E-state index in [4.69, 9.17) is 10.00 Å². The van der Waals surface area contributed by atoms with Gasteiger partial charge in [-0.15, -0.1) is 0 Å². The number of nitrogens with zero attached hydrogens (tertiary/aromatic N) is 4. The first kappa shape index (κ1) is 20.8. The van der Waals surface area contributed by atoms with E-state index in [2.05, 4.69) is 16.0 Å². The van der Waals surface area contributed by atoms with Gasteiger partial charge in [-0.1, -0.05) is 6.07 Å². The van der Waals surface area contributed by atoms with E-state index >= 15 is 0 Å². The third kappa shape index (κ3) is 3.61. The van der Waals surface area contributed by atoms with Gasteiger partial charge in [0.05, 0.1) is 11.2 Å². The van der Waals surface area contributed by atoms with Gasteiger partial charge in [0.1, 0.15) is 30.1 Å². The highest BCUT2D eigenvalue weighted by molar-refractivity contribution is 5.78. The molecule has 1 unspecified atom stereocenters. The van der Waals surface area contributed by atoms with Crippen molar-refractivity contribution in [3.05, 3.63) is 59.3 Å². The maximum Gasteiger partial charge on any atom is 0.248 e. The molecule has 2 atom stereocenters. The minimum Gasteiger partial charge on any atom is -0.360 e. The number of carbonyl (C=O) groups excluding carboxylic acids is 1. The van der Waals surface area contributed by atoms with E-state index < -0.39 is 17.2 Å². The molecule has 3 fully saturated rings. The van der Waals surface area contributed by atoms with Gasteiger partial charge in [-0.05, 0) is 50.3 Å². The number of amides is 1. The number of aromatic nitrogens is 1. The molecule has 1 aromatic heterocycles. The summed E-state index contributed by atoms with van der Waals surface area (Å²) < 4.78 is 33.7. The standard InChI is InChI=1S/C24H24F2N4O2/c25-17-3-6-20(21(26)10-17)24(8-1-9-24)32-15-23(31)29-13-18-4-5-19(14-29)30(18)22-7-2-16(11-27)12-28-22/h2-3,6-7,10,12,18-19H,1,4-5,8-9,13-15H2/t18-,19?/m0/s1. The molecule has 0 spiro atoms. The maximum atomic E-state index is 14.4. The number of fused-ring (bicyclic) bond motifs is 2. The summed E-state index contributed by atoms with van der Waals surface area (Å²) >= 11 is 0. The first-order valence-corrected chi connectivity index (χ1v) is 11.0. The molecule has 2 saturated heterocycles. The number of piperazine rings is 1. The Morgan fingerprint density at radius 1 is 1.19 bits per heavy atom. The second kappa shape index (κ2) is 8.14. The molecule has 3 heterocycles. The summed E-state index contributed by atoms with van der Waals surface area (Å²) in [6, 6.07) is 9.58. The maximum absolute atomic E-state index is 14.4. The molecule has 2 bridgehead atoms. The van der Waals surface area contributed by atoms with Crippen molar-refractivity contribution in [2.45, 2.75) is 49.8 Å². The van der Waals surface area contributed by atoms with Crippen LogP contribution in [0.4, 0.5) is 14.6 Å². The Bertz CT molecular complexity index is 1050. The van der Waals surface area contributed by atoms with Gasteiger partial charge in [-0.2, -0.15) is 5.26 Å². The average Bonchev–Trinajstić information content (AvgIpc) is 3.03. The number of hydrogen-bond donors (Lipinski definition) is 0. The molecule has 1 saturated carbocycles. The highest BCUT2D eigenvalue weighted by Crippen LogP contribution is 2.46. The van der Waals surface area contributed by atoms with Gasteiger partial charge < -0.3 is 14.5 Å². The van der Waals surface area contributed by atoms with Crippen LogP contribution in [0, 0.1) is 23.0 Å². The number of pyridine rings is 1. The summed E-state index contributed by atoms with van der Waals surface area (Å²) in [5.41, 5.74) is 0.00463. The number of likely N-dealkylation sites (tertiary alicyclic amines) is 1. The molecule has 0 N–H and O–H groups in total. The van der Waals surface area contributed by atoms with E-state index in [0.717, 1.165) is 31.1 Å². The Labute approximate surface area is 185 Å². The lowest BCUT2D eigenvalue weighted by atomic mass is 9.74. The van der Waals surface area contributed by atoms with Gasteiger partial charge in [0.25, 0.3) is 0 Å². The Morgan fingerprint density at radius 2 is 1.94 bits per heavy atom. The van der Waals surface area contributed by atoms with Crippen LogP contribution in [0.25, 0.3) is 0 Å². The number of anilines is 1. The summed E-state index contributed by atoms with van der Waals surface area (Å²) in [7, 11) is 0. The normalized spacial score (nSPS) is 23.5. The monoisotopic (exact) mass is 438 g/mol. The minimum atomic E-state index is -0.847. The quantitative estimate of drug-likeness (QED) is 0.715. The van der Waals surface area contributed by atoms with Crippen LogP contribution in [0.3, 0.4) is 0 Å². The van der Waals surface area contributed by atoms with Gasteiger partial charge >= 0.3 is 0 Å². The van der Waals surface area contributed by atoms with Crippen LogP contribution in [0.1, 0.15) is 43.2 Å². The van der Waals surface area contributed by atoms with E-state index in [1.807, 2.05) is 11.0 Å². The molecule has 2 aliphatic heterocycles. The topological polar surface area (TPSA) is 69.5 Å². The Kier molecular flexibility index (Phi) is 5.30. The zero-order valence-electron chi connectivity index (χ0n) is 17.6. The van der Waals surface area contributed by atoms with Crippen molar-refractivity contribution in [2.75, 3.05) is 24.6 Å². The lowest BCUT2D eigenvalue weighted by Crippen LogP contribution is -2.56. The summed E-state index contributed by atoms with van der Waals surface area (Å²) in [6.45, 7) is 1.04. The lowest BCUT2D eigenvalue weighted by molar-refractivity contribution is -0.155. The molecule has 3 aliphatic rings. The third-order valence-electron chi connectivity index (χ3n) is 7.03. The highest BCUT2D eigenvalue weighted by atomic mass is 19.1. The molecule has 1 aliphatic carbocycles. The predicted octanol–water partition coefficient (Wildman–Crippen LogP) is 3.51. The van der Waals surface area contributed by atoms with Gasteiger partial charge in [0, 0.05) is 43.0 Å². The molecule has 1 amide bonds. The summed E-state index contributed by atoms with van der Waals surface area (Å²) in [4.78, 5) is 21.5. The number of rotatable bonds is 5. The number of nitriles is 1. The zero-order valence-corrected chi connectivity index (χ0v) is 17.6. The summed E-state index contributed by atoms with van der Waals surface area (Å²) in [5.74, 6) is -0.524. The molecule has 1 aromatic carbocycles. The van der Waals surface area contributed by atoms with E-state index in [9.17, 15) is 13.6 Å². The van der Waals surface area contributed by atoms with Crippen molar-refractivity contribution < 1.29 is 18.3 Å². The van der Waals surface area contributed by atoms with Crippen molar-refractivity contribution in [1.82, 2.24) is 9.88 Å². The SMILES string of the molecule is N#Cc1ccc(N2C3CC[C@H]2CN(C(=O)COC2(c4ccc(F)cc4F)CCC2)C3)nc1. The second-order valence-electron chi connectivity index (χ2n) is 8.87. The molecular formula is C24H24F2N4O2.